The van der Waals surface area contributed by atoms with Gasteiger partial charge in [-0.3, -0.25) is 4.79 Å². The first-order valence-corrected chi connectivity index (χ1v) is 14.1. The highest BCUT2D eigenvalue weighted by molar-refractivity contribution is 5.96. The number of nitrogens with two attached hydrogens (primary N) is 1. The smallest absolute Gasteiger partial charge is 0.336 e. The van der Waals surface area contributed by atoms with Gasteiger partial charge >= 0.3 is 5.97 Å². The molecule has 5 heteroatoms. The molecule has 208 valence electrons. The van der Waals surface area contributed by atoms with Gasteiger partial charge in [0.25, 0.3) is 5.91 Å². The minimum absolute atomic E-state index is 0.0984. The molecule has 0 radical (unpaired) electrons. The van der Waals surface area contributed by atoms with Crippen molar-refractivity contribution in [2.75, 3.05) is 5.73 Å². The number of nitrogens with one attached hydrogen (secondary N) is 1. The van der Waals surface area contributed by atoms with Crippen molar-refractivity contribution in [1.82, 2.24) is 5.32 Å². The SMILES string of the molecule is CC1=C(C)c2cc(C(=O)NCc3cccc(N)c3)ccc2C(C)C(Cc2ccc(-c3ccccc3C(=O)O)cc2)C1. The van der Waals surface area contributed by atoms with Crippen molar-refractivity contribution in [2.45, 2.75) is 46.1 Å². The number of anilines is 1. The van der Waals surface area contributed by atoms with Crippen LogP contribution >= 0.6 is 0 Å². The summed E-state index contributed by atoms with van der Waals surface area (Å²) in [6, 6.07) is 29.0. The Bertz CT molecular complexity index is 1640. The second-order valence-corrected chi connectivity index (χ2v) is 11.1. The first-order chi connectivity index (χ1) is 19.7. The average molecular weight is 545 g/mol. The van der Waals surface area contributed by atoms with E-state index < -0.39 is 5.97 Å². The highest BCUT2D eigenvalue weighted by atomic mass is 16.4. The molecule has 5 rings (SSSR count). The predicted octanol–water partition coefficient (Wildman–Crippen LogP) is 7.72. The number of hydrogen-bond acceptors (Lipinski definition) is 3. The molecular formula is C36H36N2O3. The Labute approximate surface area is 241 Å². The maximum Gasteiger partial charge on any atom is 0.336 e. The zero-order valence-electron chi connectivity index (χ0n) is 23.8. The second-order valence-electron chi connectivity index (χ2n) is 11.1. The molecule has 1 amide bonds. The van der Waals surface area contributed by atoms with Crippen LogP contribution in [0.25, 0.3) is 16.7 Å². The number of hydrogen-bond donors (Lipinski definition) is 3. The Morgan fingerprint density at radius 1 is 0.878 bits per heavy atom. The van der Waals surface area contributed by atoms with E-state index in [-0.39, 0.29) is 5.91 Å². The molecule has 2 unspecified atom stereocenters. The van der Waals surface area contributed by atoms with E-state index in [2.05, 4.69) is 44.3 Å². The molecule has 4 aromatic rings. The minimum atomic E-state index is -0.921. The molecule has 0 saturated carbocycles. The van der Waals surface area contributed by atoms with Gasteiger partial charge in [0.15, 0.2) is 0 Å². The van der Waals surface area contributed by atoms with Gasteiger partial charge in [0.1, 0.15) is 0 Å². The van der Waals surface area contributed by atoms with E-state index in [9.17, 15) is 14.7 Å². The number of benzene rings is 4. The molecule has 0 saturated heterocycles. The molecule has 0 aliphatic heterocycles. The monoisotopic (exact) mass is 544 g/mol. The van der Waals surface area contributed by atoms with E-state index in [1.807, 2.05) is 60.7 Å². The minimum Gasteiger partial charge on any atom is -0.478 e. The fraction of sp³-hybridized carbons (Fsp3) is 0.222. The van der Waals surface area contributed by atoms with Gasteiger partial charge in [-0.2, -0.15) is 0 Å². The Hall–Kier alpha value is -4.64. The molecule has 0 aromatic heterocycles. The van der Waals surface area contributed by atoms with Crippen molar-refractivity contribution in [1.29, 1.82) is 0 Å². The summed E-state index contributed by atoms with van der Waals surface area (Å²) in [5, 5.41) is 12.6. The topological polar surface area (TPSA) is 92.4 Å². The lowest BCUT2D eigenvalue weighted by Crippen LogP contribution is -2.23. The largest absolute Gasteiger partial charge is 0.478 e. The Morgan fingerprint density at radius 2 is 1.63 bits per heavy atom. The molecule has 0 spiro atoms. The van der Waals surface area contributed by atoms with Crippen LogP contribution in [0.1, 0.15) is 76.1 Å². The average Bonchev–Trinajstić information content (AvgIpc) is 3.06. The van der Waals surface area contributed by atoms with E-state index >= 15 is 0 Å². The summed E-state index contributed by atoms with van der Waals surface area (Å²) in [5.41, 5.74) is 16.3. The maximum atomic E-state index is 13.0. The van der Waals surface area contributed by atoms with Crippen LogP contribution in [0.5, 0.6) is 0 Å². The Kier molecular flexibility index (Phi) is 8.06. The lowest BCUT2D eigenvalue weighted by molar-refractivity contribution is 0.0697. The molecule has 4 N–H and O–H groups in total. The molecule has 4 aromatic carbocycles. The number of allylic oxidation sites excluding steroid dienone is 2. The number of nitrogen functional groups attached to an aromatic ring is 1. The van der Waals surface area contributed by atoms with Gasteiger partial charge in [0.05, 0.1) is 5.56 Å². The number of carboxylic acids is 1. The highest BCUT2D eigenvalue weighted by Crippen LogP contribution is 2.41. The summed E-state index contributed by atoms with van der Waals surface area (Å²) in [4.78, 5) is 24.7. The molecule has 1 aliphatic carbocycles. The number of carbonyl (C=O) groups excluding carboxylic acids is 1. The Morgan fingerprint density at radius 3 is 2.37 bits per heavy atom. The number of aromatic carboxylic acids is 1. The highest BCUT2D eigenvalue weighted by Gasteiger charge is 2.27. The van der Waals surface area contributed by atoms with Crippen LogP contribution in [0, 0.1) is 5.92 Å². The summed E-state index contributed by atoms with van der Waals surface area (Å²) < 4.78 is 0. The van der Waals surface area contributed by atoms with Crippen LogP contribution in [0.3, 0.4) is 0 Å². The van der Waals surface area contributed by atoms with Crippen LogP contribution in [-0.2, 0) is 13.0 Å². The first kappa shape index (κ1) is 27.9. The van der Waals surface area contributed by atoms with Gasteiger partial charge in [-0.15, -0.1) is 0 Å². The quantitative estimate of drug-likeness (QED) is 0.208. The molecule has 41 heavy (non-hydrogen) atoms. The summed E-state index contributed by atoms with van der Waals surface area (Å²) in [6.45, 7) is 7.06. The summed E-state index contributed by atoms with van der Waals surface area (Å²) in [6.07, 6.45) is 1.89. The third-order valence-electron chi connectivity index (χ3n) is 8.45. The molecule has 0 bridgehead atoms. The molecular weight excluding hydrogens is 508 g/mol. The van der Waals surface area contributed by atoms with E-state index in [1.165, 1.54) is 22.3 Å². The number of rotatable bonds is 7. The fourth-order valence-corrected chi connectivity index (χ4v) is 5.91. The third kappa shape index (κ3) is 6.09. The van der Waals surface area contributed by atoms with Crippen molar-refractivity contribution in [3.63, 3.8) is 0 Å². The summed E-state index contributed by atoms with van der Waals surface area (Å²) >= 11 is 0. The van der Waals surface area contributed by atoms with Crippen LogP contribution in [-0.4, -0.2) is 17.0 Å². The van der Waals surface area contributed by atoms with E-state index in [0.717, 1.165) is 35.1 Å². The van der Waals surface area contributed by atoms with Crippen molar-refractivity contribution < 1.29 is 14.7 Å². The van der Waals surface area contributed by atoms with E-state index in [4.69, 9.17) is 5.73 Å². The van der Waals surface area contributed by atoms with Gasteiger partial charge in [0.2, 0.25) is 0 Å². The van der Waals surface area contributed by atoms with Gasteiger partial charge < -0.3 is 16.2 Å². The number of carbonyl (C=O) groups is 2. The second kappa shape index (κ2) is 11.8. The van der Waals surface area contributed by atoms with Crippen LogP contribution in [0.4, 0.5) is 5.69 Å². The van der Waals surface area contributed by atoms with Gasteiger partial charge in [-0.05, 0) is 108 Å². The zero-order chi connectivity index (χ0) is 29.1. The number of carboxylic acid groups (broad SMARTS) is 1. The van der Waals surface area contributed by atoms with Gasteiger partial charge in [-0.1, -0.05) is 73.2 Å². The standard InChI is InChI=1S/C36H36N2O3/c1-22-17-29(18-25-11-13-27(14-12-25)32-9-4-5-10-33(32)36(40)41)24(3)31-16-15-28(20-34(31)23(22)2)35(39)38-21-26-7-6-8-30(37)19-26/h4-16,19-20,24,29H,17-18,21,37H2,1-3H3,(H,38,39)(H,40,41). The molecule has 0 fully saturated rings. The van der Waals surface area contributed by atoms with Crippen molar-refractivity contribution in [2.24, 2.45) is 5.92 Å². The van der Waals surface area contributed by atoms with Crippen LogP contribution < -0.4 is 11.1 Å². The normalized spacial score (nSPS) is 16.6. The van der Waals surface area contributed by atoms with Crippen LogP contribution in [0.2, 0.25) is 0 Å². The molecule has 5 nitrogen and oxygen atoms in total. The third-order valence-corrected chi connectivity index (χ3v) is 8.45. The number of fused-ring (bicyclic) bond motifs is 1. The van der Waals surface area contributed by atoms with Crippen LogP contribution in [0.15, 0.2) is 96.6 Å². The van der Waals surface area contributed by atoms with Crippen molar-refractivity contribution in [3.8, 4) is 11.1 Å². The first-order valence-electron chi connectivity index (χ1n) is 14.1. The molecule has 2 atom stereocenters. The van der Waals surface area contributed by atoms with Crippen molar-refractivity contribution >= 4 is 23.1 Å². The van der Waals surface area contributed by atoms with E-state index in [1.54, 1.807) is 12.1 Å². The predicted molar refractivity (Wildman–Crippen MR) is 166 cm³/mol. The lowest BCUT2D eigenvalue weighted by Gasteiger charge is -2.24. The zero-order valence-corrected chi connectivity index (χ0v) is 23.8. The van der Waals surface area contributed by atoms with Gasteiger partial charge in [-0.25, -0.2) is 4.79 Å². The Balaban J connectivity index is 1.34. The summed E-state index contributed by atoms with van der Waals surface area (Å²) in [7, 11) is 0. The van der Waals surface area contributed by atoms with Crippen molar-refractivity contribution in [3.05, 3.63) is 130 Å². The fourth-order valence-electron chi connectivity index (χ4n) is 5.91. The number of amides is 1. The molecule has 1 aliphatic rings. The molecule has 0 heterocycles. The maximum absolute atomic E-state index is 13.0. The van der Waals surface area contributed by atoms with Gasteiger partial charge in [0, 0.05) is 17.8 Å². The lowest BCUT2D eigenvalue weighted by atomic mass is 9.80. The summed E-state index contributed by atoms with van der Waals surface area (Å²) in [5.74, 6) is -0.324. The van der Waals surface area contributed by atoms with E-state index in [0.29, 0.717) is 35.2 Å².